The van der Waals surface area contributed by atoms with Gasteiger partial charge in [-0.25, -0.2) is 0 Å². The Morgan fingerprint density at radius 2 is 1.67 bits per heavy atom. The molecule has 2 aliphatic heterocycles. The van der Waals surface area contributed by atoms with Crippen LogP contribution >= 0.6 is 0 Å². The van der Waals surface area contributed by atoms with Crippen molar-refractivity contribution in [2.75, 3.05) is 19.6 Å². The molecule has 2 aromatic rings. The van der Waals surface area contributed by atoms with E-state index < -0.39 is 6.04 Å². The van der Waals surface area contributed by atoms with Crippen molar-refractivity contribution in [1.82, 2.24) is 15.1 Å². The Morgan fingerprint density at radius 3 is 2.36 bits per heavy atom. The molecule has 3 atom stereocenters. The van der Waals surface area contributed by atoms with Crippen molar-refractivity contribution >= 4 is 11.8 Å². The summed E-state index contributed by atoms with van der Waals surface area (Å²) in [6.45, 7) is 7.92. The molecule has 0 radical (unpaired) electrons. The third-order valence-electron chi connectivity index (χ3n) is 6.50. The Labute approximate surface area is 196 Å². The van der Waals surface area contributed by atoms with Crippen LogP contribution in [0.2, 0.25) is 0 Å². The second kappa shape index (κ2) is 10.9. The summed E-state index contributed by atoms with van der Waals surface area (Å²) in [7, 11) is 0. The van der Waals surface area contributed by atoms with Crippen LogP contribution in [-0.4, -0.2) is 53.5 Å². The molecule has 3 unspecified atom stereocenters. The van der Waals surface area contributed by atoms with Gasteiger partial charge in [0.15, 0.2) is 0 Å². The summed E-state index contributed by atoms with van der Waals surface area (Å²) in [4.78, 5) is 30.2. The van der Waals surface area contributed by atoms with E-state index in [1.165, 1.54) is 5.56 Å². The maximum absolute atomic E-state index is 13.4. The van der Waals surface area contributed by atoms with Crippen molar-refractivity contribution in [3.63, 3.8) is 0 Å². The number of benzene rings is 2. The lowest BCUT2D eigenvalue weighted by Gasteiger charge is -2.35. The lowest BCUT2D eigenvalue weighted by Crippen LogP contribution is -2.46. The van der Waals surface area contributed by atoms with Gasteiger partial charge >= 0.3 is 0 Å². The highest BCUT2D eigenvalue weighted by Crippen LogP contribution is 2.26. The normalized spacial score (nSPS) is 22.7. The highest BCUT2D eigenvalue weighted by molar-refractivity contribution is 5.89. The Kier molecular flexibility index (Phi) is 7.78. The molecule has 2 amide bonds. The molecule has 2 aromatic carbocycles. The number of rotatable bonds is 7. The number of carbonyl (C=O) groups excluding carboxylic acids is 2. The summed E-state index contributed by atoms with van der Waals surface area (Å²) in [6, 6.07) is 17.3. The summed E-state index contributed by atoms with van der Waals surface area (Å²) in [6.07, 6.45) is 2.77. The van der Waals surface area contributed by atoms with Gasteiger partial charge in [-0.2, -0.15) is 0 Å². The van der Waals surface area contributed by atoms with E-state index in [1.807, 2.05) is 42.5 Å². The van der Waals surface area contributed by atoms with Gasteiger partial charge in [-0.3, -0.25) is 14.5 Å². The number of hydrogen-bond donors (Lipinski definition) is 1. The van der Waals surface area contributed by atoms with Crippen LogP contribution in [0.5, 0.6) is 0 Å². The highest BCUT2D eigenvalue weighted by Gasteiger charge is 2.32. The van der Waals surface area contributed by atoms with E-state index in [0.29, 0.717) is 19.5 Å². The number of likely N-dealkylation sites (tertiary alicyclic amines) is 1. The third kappa shape index (κ3) is 6.01. The van der Waals surface area contributed by atoms with Crippen molar-refractivity contribution in [2.24, 2.45) is 0 Å². The van der Waals surface area contributed by atoms with Gasteiger partial charge in [0.2, 0.25) is 11.8 Å². The molecule has 176 valence electrons. The number of amides is 2. The molecule has 2 heterocycles. The number of hydrogen-bond acceptors (Lipinski definition) is 4. The average Bonchev–Trinajstić information content (AvgIpc) is 2.80. The summed E-state index contributed by atoms with van der Waals surface area (Å²) in [5, 5.41) is 3.13. The van der Waals surface area contributed by atoms with Gasteiger partial charge in [-0.1, -0.05) is 54.6 Å². The minimum Gasteiger partial charge on any atom is -0.373 e. The first-order valence-electron chi connectivity index (χ1n) is 12.1. The Hall–Kier alpha value is -2.70. The smallest absolute Gasteiger partial charge is 0.247 e. The predicted octanol–water partition coefficient (Wildman–Crippen LogP) is 3.67. The molecule has 0 aliphatic carbocycles. The van der Waals surface area contributed by atoms with Crippen LogP contribution in [-0.2, 0) is 27.4 Å². The van der Waals surface area contributed by atoms with Gasteiger partial charge in [-0.15, -0.1) is 0 Å². The Morgan fingerprint density at radius 1 is 1.00 bits per heavy atom. The van der Waals surface area contributed by atoms with Crippen LogP contribution in [0.15, 0.2) is 54.6 Å². The number of nitrogens with one attached hydrogen (secondary N) is 1. The van der Waals surface area contributed by atoms with Crippen molar-refractivity contribution in [2.45, 2.75) is 64.4 Å². The minimum absolute atomic E-state index is 0.0567. The zero-order chi connectivity index (χ0) is 23.2. The van der Waals surface area contributed by atoms with Crippen molar-refractivity contribution in [1.29, 1.82) is 0 Å². The van der Waals surface area contributed by atoms with Crippen molar-refractivity contribution in [3.05, 3.63) is 71.3 Å². The Balaban J connectivity index is 1.47. The van der Waals surface area contributed by atoms with E-state index in [9.17, 15) is 9.59 Å². The highest BCUT2D eigenvalue weighted by atomic mass is 16.5. The van der Waals surface area contributed by atoms with Gasteiger partial charge in [0.05, 0.1) is 12.2 Å². The minimum atomic E-state index is -0.591. The monoisotopic (exact) mass is 449 g/mol. The topological polar surface area (TPSA) is 61.9 Å². The second-order valence-electron chi connectivity index (χ2n) is 9.30. The zero-order valence-electron chi connectivity index (χ0n) is 19.7. The van der Waals surface area contributed by atoms with E-state index in [-0.39, 0.29) is 24.0 Å². The van der Waals surface area contributed by atoms with Crippen LogP contribution in [0.3, 0.4) is 0 Å². The number of ether oxygens (including phenoxy) is 1. The van der Waals surface area contributed by atoms with E-state index >= 15 is 0 Å². The maximum Gasteiger partial charge on any atom is 0.247 e. The first-order chi connectivity index (χ1) is 16.0. The van der Waals surface area contributed by atoms with Crippen LogP contribution in [0.1, 0.15) is 55.8 Å². The molecule has 4 rings (SSSR count). The average molecular weight is 450 g/mol. The molecule has 0 aromatic heterocycles. The SMILES string of the molecule is CC1CN(Cc2ccccc2CNC(=O)C(c2ccccc2)N2CCCCC2=O)CC(C)O1. The molecular formula is C27H35N3O3. The van der Waals surface area contributed by atoms with Gasteiger partial charge < -0.3 is 15.0 Å². The molecule has 0 saturated carbocycles. The molecule has 0 bridgehead atoms. The van der Waals surface area contributed by atoms with Crippen LogP contribution in [0.25, 0.3) is 0 Å². The standard InChI is InChI=1S/C27H35N3O3/c1-20-17-29(18-21(2)33-20)19-24-13-7-6-12-23(24)16-28-27(32)26(22-10-4-3-5-11-22)30-15-9-8-14-25(30)31/h3-7,10-13,20-21,26H,8-9,14-19H2,1-2H3,(H,28,32). The first kappa shape index (κ1) is 23.5. The maximum atomic E-state index is 13.4. The quantitative estimate of drug-likeness (QED) is 0.701. The van der Waals surface area contributed by atoms with E-state index in [1.54, 1.807) is 4.90 Å². The molecule has 33 heavy (non-hydrogen) atoms. The number of carbonyl (C=O) groups is 2. The fourth-order valence-electron chi connectivity index (χ4n) is 5.03. The Bertz CT molecular complexity index is 939. The van der Waals surface area contributed by atoms with Gasteiger partial charge in [0.1, 0.15) is 6.04 Å². The molecule has 2 fully saturated rings. The third-order valence-corrected chi connectivity index (χ3v) is 6.50. The van der Waals surface area contributed by atoms with Crippen molar-refractivity contribution < 1.29 is 14.3 Å². The molecule has 6 heteroatoms. The number of morpholine rings is 1. The molecular weight excluding hydrogens is 414 g/mol. The predicted molar refractivity (Wildman–Crippen MR) is 128 cm³/mol. The lowest BCUT2D eigenvalue weighted by atomic mass is 10.00. The van der Waals surface area contributed by atoms with E-state index in [0.717, 1.165) is 43.6 Å². The second-order valence-corrected chi connectivity index (χ2v) is 9.30. The fourth-order valence-corrected chi connectivity index (χ4v) is 5.03. The number of nitrogens with zero attached hydrogens (tertiary/aromatic N) is 2. The van der Waals surface area contributed by atoms with E-state index in [4.69, 9.17) is 4.74 Å². The zero-order valence-corrected chi connectivity index (χ0v) is 19.7. The van der Waals surface area contributed by atoms with Gasteiger partial charge in [0.25, 0.3) is 0 Å². The molecule has 2 saturated heterocycles. The first-order valence-corrected chi connectivity index (χ1v) is 12.1. The van der Waals surface area contributed by atoms with Crippen LogP contribution in [0.4, 0.5) is 0 Å². The molecule has 6 nitrogen and oxygen atoms in total. The summed E-state index contributed by atoms with van der Waals surface area (Å²) in [5.74, 6) is -0.0684. The fraction of sp³-hybridized carbons (Fsp3) is 0.481. The van der Waals surface area contributed by atoms with E-state index in [2.05, 4.69) is 36.2 Å². The van der Waals surface area contributed by atoms with Crippen LogP contribution < -0.4 is 5.32 Å². The lowest BCUT2D eigenvalue weighted by molar-refractivity contribution is -0.142. The molecule has 1 N–H and O–H groups in total. The molecule has 2 aliphatic rings. The van der Waals surface area contributed by atoms with Crippen LogP contribution in [0, 0.1) is 0 Å². The molecule has 0 spiro atoms. The summed E-state index contributed by atoms with van der Waals surface area (Å²) < 4.78 is 5.87. The van der Waals surface area contributed by atoms with Crippen molar-refractivity contribution in [3.8, 4) is 0 Å². The summed E-state index contributed by atoms with van der Waals surface area (Å²) >= 11 is 0. The number of piperidine rings is 1. The van der Waals surface area contributed by atoms with Gasteiger partial charge in [0, 0.05) is 39.1 Å². The van der Waals surface area contributed by atoms with Gasteiger partial charge in [-0.05, 0) is 43.4 Å². The largest absolute Gasteiger partial charge is 0.373 e. The summed E-state index contributed by atoms with van der Waals surface area (Å²) in [5.41, 5.74) is 3.17.